The number of fused-ring (bicyclic) bond motifs is 2. The highest BCUT2D eigenvalue weighted by Gasteiger charge is 2.33. The summed E-state index contributed by atoms with van der Waals surface area (Å²) in [7, 11) is 0. The molecule has 5 rings (SSSR count). The fourth-order valence-electron chi connectivity index (χ4n) is 3.73. The van der Waals surface area contributed by atoms with Crippen LogP contribution in [0.3, 0.4) is 0 Å². The highest BCUT2D eigenvalue weighted by Crippen LogP contribution is 2.36. The van der Waals surface area contributed by atoms with Crippen LogP contribution in [0.4, 0.5) is 5.69 Å². The van der Waals surface area contributed by atoms with Crippen molar-refractivity contribution in [1.29, 1.82) is 0 Å². The van der Waals surface area contributed by atoms with Crippen molar-refractivity contribution in [1.82, 2.24) is 14.6 Å². The third kappa shape index (κ3) is 3.21. The fraction of sp³-hybridized carbons (Fsp3) is 0.136. The van der Waals surface area contributed by atoms with Crippen molar-refractivity contribution in [3.63, 3.8) is 0 Å². The van der Waals surface area contributed by atoms with Gasteiger partial charge >= 0.3 is 0 Å². The lowest BCUT2D eigenvalue weighted by Gasteiger charge is -2.13. The smallest absolute Gasteiger partial charge is 0.296 e. The van der Waals surface area contributed by atoms with Crippen molar-refractivity contribution in [2.45, 2.75) is 13.3 Å². The topological polar surface area (TPSA) is 84.6 Å². The van der Waals surface area contributed by atoms with Crippen molar-refractivity contribution >= 4 is 49.4 Å². The first-order valence-corrected chi connectivity index (χ1v) is 11.2. The van der Waals surface area contributed by atoms with Crippen molar-refractivity contribution in [3.8, 4) is 0 Å². The number of aromatic nitrogens is 3. The molecular formula is C22H15BrN4O3S. The van der Waals surface area contributed by atoms with Gasteiger partial charge in [0.2, 0.25) is 4.96 Å². The van der Waals surface area contributed by atoms with Crippen molar-refractivity contribution in [3.05, 3.63) is 95.1 Å². The molecule has 1 aliphatic rings. The molecule has 0 N–H and O–H groups in total. The van der Waals surface area contributed by atoms with Gasteiger partial charge in [0.05, 0.1) is 11.3 Å². The van der Waals surface area contributed by atoms with Crippen LogP contribution >= 0.6 is 27.3 Å². The fourth-order valence-corrected chi connectivity index (χ4v) is 5.08. The van der Waals surface area contributed by atoms with Crippen LogP contribution in [0.15, 0.2) is 62.6 Å². The Morgan fingerprint density at radius 1 is 1.06 bits per heavy atom. The third-order valence-corrected chi connectivity index (χ3v) is 6.68. The molecule has 7 nitrogen and oxygen atoms in total. The second kappa shape index (κ2) is 7.51. The zero-order chi connectivity index (χ0) is 21.7. The number of hydrogen-bond acceptors (Lipinski definition) is 6. The summed E-state index contributed by atoms with van der Waals surface area (Å²) in [6.07, 6.45) is 0.273. The predicted molar refractivity (Wildman–Crippen MR) is 123 cm³/mol. The number of nitrogens with zero attached hydrogens (tertiary/aromatic N) is 4. The Morgan fingerprint density at radius 3 is 2.58 bits per heavy atom. The Bertz CT molecular complexity index is 1530. The molecule has 154 valence electrons. The lowest BCUT2D eigenvalue weighted by molar-refractivity contribution is -0.113. The lowest BCUT2D eigenvalue weighted by Crippen LogP contribution is -2.33. The maximum atomic E-state index is 13.2. The Labute approximate surface area is 188 Å². The van der Waals surface area contributed by atoms with Crippen LogP contribution in [0.2, 0.25) is 0 Å². The number of thiazole rings is 1. The van der Waals surface area contributed by atoms with Crippen molar-refractivity contribution in [2.75, 3.05) is 11.4 Å². The van der Waals surface area contributed by atoms with Gasteiger partial charge in [-0.05, 0) is 30.7 Å². The van der Waals surface area contributed by atoms with Gasteiger partial charge in [0.1, 0.15) is 10.2 Å². The van der Waals surface area contributed by atoms with Crippen LogP contribution < -0.4 is 20.6 Å². The average molecular weight is 495 g/mol. The first-order valence-electron chi connectivity index (χ1n) is 9.60. The molecule has 9 heteroatoms. The molecule has 1 aliphatic heterocycles. The maximum absolute atomic E-state index is 13.2. The number of hydrogen-bond donors (Lipinski definition) is 0. The molecule has 0 unspecified atom stereocenters. The SMILES string of the molecule is CCN1C(=O)/C(=c2\sc3nc(=O)c(Cc4ccccc4)nn3c2=O)c2cc(Br)ccc21. The van der Waals surface area contributed by atoms with Crippen LogP contribution in [0.1, 0.15) is 23.7 Å². The van der Waals surface area contributed by atoms with Crippen molar-refractivity contribution < 1.29 is 4.79 Å². The Morgan fingerprint density at radius 2 is 1.84 bits per heavy atom. The summed E-state index contributed by atoms with van der Waals surface area (Å²) in [5.41, 5.74) is 1.91. The summed E-state index contributed by atoms with van der Waals surface area (Å²) in [6, 6.07) is 14.9. The van der Waals surface area contributed by atoms with Crippen LogP contribution in [0.5, 0.6) is 0 Å². The van der Waals surface area contributed by atoms with Crippen molar-refractivity contribution in [2.24, 2.45) is 0 Å². The largest absolute Gasteiger partial charge is 0.308 e. The second-order valence-electron chi connectivity index (χ2n) is 7.04. The molecule has 0 fully saturated rings. The molecule has 0 bridgehead atoms. The zero-order valence-electron chi connectivity index (χ0n) is 16.3. The minimum atomic E-state index is -0.474. The number of amides is 1. The van der Waals surface area contributed by atoms with Gasteiger partial charge in [-0.3, -0.25) is 14.4 Å². The van der Waals surface area contributed by atoms with E-state index in [1.54, 1.807) is 4.90 Å². The number of likely N-dealkylation sites (N-methyl/N-ethyl adjacent to an activating group) is 1. The highest BCUT2D eigenvalue weighted by molar-refractivity contribution is 9.10. The molecule has 31 heavy (non-hydrogen) atoms. The third-order valence-electron chi connectivity index (χ3n) is 5.16. The van der Waals surface area contributed by atoms with Gasteiger partial charge in [0, 0.05) is 23.0 Å². The normalized spacial score (nSPS) is 15.0. The number of rotatable bonds is 3. The van der Waals surface area contributed by atoms with Gasteiger partial charge in [0.25, 0.3) is 17.0 Å². The van der Waals surface area contributed by atoms with E-state index < -0.39 is 11.1 Å². The first kappa shape index (κ1) is 19.8. The molecule has 3 heterocycles. The monoisotopic (exact) mass is 494 g/mol. The molecule has 0 saturated carbocycles. The van der Waals surface area contributed by atoms with Crippen LogP contribution in [0.25, 0.3) is 10.5 Å². The molecule has 0 spiro atoms. The summed E-state index contributed by atoms with van der Waals surface area (Å²) in [6.45, 7) is 2.36. The van der Waals surface area contributed by atoms with E-state index in [2.05, 4.69) is 26.0 Å². The summed E-state index contributed by atoms with van der Waals surface area (Å²) in [5.74, 6) is -0.244. The van der Waals surface area contributed by atoms with Gasteiger partial charge in [0.15, 0.2) is 0 Å². The maximum Gasteiger partial charge on any atom is 0.296 e. The average Bonchev–Trinajstić information content (AvgIpc) is 3.21. The summed E-state index contributed by atoms with van der Waals surface area (Å²) >= 11 is 4.45. The van der Waals surface area contributed by atoms with E-state index in [4.69, 9.17) is 0 Å². The minimum absolute atomic E-state index is 0.175. The molecule has 0 atom stereocenters. The van der Waals surface area contributed by atoms with E-state index in [0.29, 0.717) is 17.7 Å². The molecule has 0 aliphatic carbocycles. The lowest BCUT2D eigenvalue weighted by atomic mass is 10.1. The number of halogens is 1. The highest BCUT2D eigenvalue weighted by atomic mass is 79.9. The van der Waals surface area contributed by atoms with Gasteiger partial charge in [-0.15, -0.1) is 0 Å². The van der Waals surface area contributed by atoms with E-state index in [-0.39, 0.29) is 27.5 Å². The number of anilines is 1. The van der Waals surface area contributed by atoms with E-state index in [9.17, 15) is 14.4 Å². The molecular weight excluding hydrogens is 480 g/mol. The van der Waals surface area contributed by atoms with E-state index in [1.165, 1.54) is 0 Å². The molecule has 2 aromatic heterocycles. The summed E-state index contributed by atoms with van der Waals surface area (Å²) < 4.78 is 2.17. The number of carbonyl (C=O) groups is 1. The van der Waals surface area contributed by atoms with Crippen LogP contribution in [0, 0.1) is 0 Å². The van der Waals surface area contributed by atoms with E-state index in [0.717, 1.165) is 31.6 Å². The molecule has 0 radical (unpaired) electrons. The standard InChI is InChI=1S/C22H15BrN4O3S/c1-2-26-16-9-8-13(23)11-14(16)17(20(26)29)18-21(30)27-22(31-18)24-19(28)15(25-27)10-12-6-4-3-5-7-12/h3-9,11H,2,10H2,1H3/b18-17-. The summed E-state index contributed by atoms with van der Waals surface area (Å²) in [4.78, 5) is 44.8. The first-order chi connectivity index (χ1) is 15.0. The van der Waals surface area contributed by atoms with Crippen LogP contribution in [-0.4, -0.2) is 27.0 Å². The number of carbonyl (C=O) groups excluding carboxylic acids is 1. The quantitative estimate of drug-likeness (QED) is 0.435. The van der Waals surface area contributed by atoms with Gasteiger partial charge < -0.3 is 4.90 Å². The van der Waals surface area contributed by atoms with Gasteiger partial charge in [-0.25, -0.2) is 0 Å². The molecule has 1 amide bonds. The summed E-state index contributed by atoms with van der Waals surface area (Å²) in [5, 5.41) is 4.29. The minimum Gasteiger partial charge on any atom is -0.308 e. The molecule has 0 saturated heterocycles. The van der Waals surface area contributed by atoms with Gasteiger partial charge in [-0.1, -0.05) is 57.6 Å². The van der Waals surface area contributed by atoms with Crippen LogP contribution in [-0.2, 0) is 11.2 Å². The van der Waals surface area contributed by atoms with Gasteiger partial charge in [-0.2, -0.15) is 14.6 Å². The Kier molecular flexibility index (Phi) is 4.79. The Hall–Kier alpha value is -3.17. The van der Waals surface area contributed by atoms with E-state index >= 15 is 0 Å². The Balaban J connectivity index is 1.75. The van der Waals surface area contributed by atoms with E-state index in [1.807, 2.05) is 55.5 Å². The predicted octanol–water partition coefficient (Wildman–Crippen LogP) is 2.15. The molecule has 2 aromatic carbocycles. The number of benzene rings is 2. The second-order valence-corrected chi connectivity index (χ2v) is 8.94. The zero-order valence-corrected chi connectivity index (χ0v) is 18.7. The molecule has 4 aromatic rings.